The van der Waals surface area contributed by atoms with Gasteiger partial charge < -0.3 is 9.72 Å². The lowest BCUT2D eigenvalue weighted by Crippen LogP contribution is -2.07. The zero-order chi connectivity index (χ0) is 11.6. The third-order valence-electron chi connectivity index (χ3n) is 2.20. The Hall–Kier alpha value is -1.58. The van der Waals surface area contributed by atoms with E-state index >= 15 is 0 Å². The molecule has 0 aromatic carbocycles. The van der Waals surface area contributed by atoms with Gasteiger partial charge in [-0.05, 0) is 26.3 Å². The number of aryl methyl sites for hydroxylation is 1. The number of ether oxygens (including phenoxy) is 1. The number of carbonyl (C=O) groups excluding carboxylic acids is 2. The summed E-state index contributed by atoms with van der Waals surface area (Å²) in [5, 5.41) is 0. The average Bonchev–Trinajstić information content (AvgIpc) is 2.42. The second-order valence-corrected chi connectivity index (χ2v) is 3.27. The van der Waals surface area contributed by atoms with Gasteiger partial charge in [0.25, 0.3) is 0 Å². The Morgan fingerprint density at radius 3 is 2.40 bits per heavy atom. The van der Waals surface area contributed by atoms with Crippen LogP contribution in [0.15, 0.2) is 0 Å². The van der Waals surface area contributed by atoms with E-state index in [1.54, 1.807) is 20.8 Å². The van der Waals surface area contributed by atoms with Crippen molar-refractivity contribution < 1.29 is 14.3 Å². The Kier molecular flexibility index (Phi) is 3.29. The minimum absolute atomic E-state index is 0.316. The number of hydrogen-bond acceptors (Lipinski definition) is 3. The first-order valence-corrected chi connectivity index (χ1v) is 4.71. The maximum Gasteiger partial charge on any atom is 0.340 e. The molecule has 1 heterocycles. The van der Waals surface area contributed by atoms with E-state index in [0.717, 1.165) is 0 Å². The van der Waals surface area contributed by atoms with Crippen molar-refractivity contribution in [3.8, 4) is 0 Å². The number of esters is 1. The number of nitrogens with one attached hydrogen (secondary N) is 1. The minimum atomic E-state index is -0.406. The Bertz CT molecular complexity index is 404. The number of H-pyrrole nitrogens is 1. The first kappa shape index (κ1) is 11.5. The number of ketones is 1. The Morgan fingerprint density at radius 1 is 1.40 bits per heavy atom. The summed E-state index contributed by atoms with van der Waals surface area (Å²) >= 11 is 0. The maximum atomic E-state index is 11.5. The van der Waals surface area contributed by atoms with E-state index in [-0.39, 0.29) is 5.78 Å². The van der Waals surface area contributed by atoms with Crippen molar-refractivity contribution in [3.63, 3.8) is 0 Å². The maximum absolute atomic E-state index is 11.5. The second kappa shape index (κ2) is 4.29. The molecule has 0 amide bonds. The lowest BCUT2D eigenvalue weighted by atomic mass is 10.1. The van der Waals surface area contributed by atoms with E-state index in [2.05, 4.69) is 11.9 Å². The lowest BCUT2D eigenvalue weighted by molar-refractivity contribution is 0.0525. The Balaban J connectivity index is 3.19. The summed E-state index contributed by atoms with van der Waals surface area (Å²) in [6.45, 7) is 8.79. The summed E-state index contributed by atoms with van der Waals surface area (Å²) in [7, 11) is 0. The molecule has 1 N–H and O–H groups in total. The molecule has 0 aliphatic rings. The molecular weight excluding hydrogens is 194 g/mol. The number of aromatic amines is 1. The minimum Gasteiger partial charge on any atom is -0.462 e. The average molecular weight is 208 g/mol. The van der Waals surface area contributed by atoms with Gasteiger partial charge in [-0.15, -0.1) is 0 Å². The number of Topliss-reactive ketones (excluding diaryl/α,β-unsaturated/α-hetero) is 1. The van der Waals surface area contributed by atoms with Gasteiger partial charge in [0, 0.05) is 12.6 Å². The number of carbonyl (C=O) groups is 2. The predicted octanol–water partition coefficient (Wildman–Crippen LogP) is 1.83. The molecule has 0 atom stereocenters. The van der Waals surface area contributed by atoms with Crippen LogP contribution in [0.5, 0.6) is 0 Å². The van der Waals surface area contributed by atoms with Crippen LogP contribution in [0.3, 0.4) is 0 Å². The van der Waals surface area contributed by atoms with Gasteiger partial charge in [0.2, 0.25) is 0 Å². The van der Waals surface area contributed by atoms with Crippen molar-refractivity contribution in [1.82, 2.24) is 4.98 Å². The third-order valence-corrected chi connectivity index (χ3v) is 2.20. The molecule has 1 radical (unpaired) electrons. The fraction of sp³-hybridized carbons (Fsp3) is 0.364. The molecule has 0 bridgehead atoms. The van der Waals surface area contributed by atoms with Crippen molar-refractivity contribution >= 4 is 11.8 Å². The largest absolute Gasteiger partial charge is 0.462 e. The highest BCUT2D eigenvalue weighted by Gasteiger charge is 2.20. The monoisotopic (exact) mass is 208 g/mol. The predicted molar refractivity (Wildman–Crippen MR) is 55.9 cm³/mol. The van der Waals surface area contributed by atoms with Crippen molar-refractivity contribution in [2.75, 3.05) is 6.61 Å². The highest BCUT2D eigenvalue weighted by molar-refractivity contribution is 6.03. The van der Waals surface area contributed by atoms with Gasteiger partial charge in [-0.25, -0.2) is 4.79 Å². The van der Waals surface area contributed by atoms with Gasteiger partial charge in [0.1, 0.15) is 0 Å². The fourth-order valence-electron chi connectivity index (χ4n) is 1.54. The molecule has 1 aromatic heterocycles. The molecule has 0 saturated heterocycles. The van der Waals surface area contributed by atoms with Crippen molar-refractivity contribution in [1.29, 1.82) is 0 Å². The van der Waals surface area contributed by atoms with Gasteiger partial charge >= 0.3 is 5.97 Å². The zero-order valence-electron chi connectivity index (χ0n) is 9.14. The van der Waals surface area contributed by atoms with Crippen LogP contribution in [0.4, 0.5) is 0 Å². The first-order valence-electron chi connectivity index (χ1n) is 4.71. The van der Waals surface area contributed by atoms with Gasteiger partial charge in [0.15, 0.2) is 5.78 Å². The number of aromatic nitrogens is 1. The third kappa shape index (κ3) is 2.09. The first-order chi connectivity index (χ1) is 6.99. The van der Waals surface area contributed by atoms with E-state index in [1.807, 2.05) is 0 Å². The number of hydrogen-bond donors (Lipinski definition) is 1. The van der Waals surface area contributed by atoms with Crippen molar-refractivity contribution in [2.24, 2.45) is 0 Å². The van der Waals surface area contributed by atoms with E-state index in [1.165, 1.54) is 0 Å². The van der Waals surface area contributed by atoms with Crippen LogP contribution in [0, 0.1) is 20.8 Å². The lowest BCUT2D eigenvalue weighted by Gasteiger charge is -2.01. The molecule has 4 heteroatoms. The normalized spacial score (nSPS) is 10.1. The fourth-order valence-corrected chi connectivity index (χ4v) is 1.54. The zero-order valence-corrected chi connectivity index (χ0v) is 9.14. The van der Waals surface area contributed by atoms with Crippen LogP contribution in [0.2, 0.25) is 0 Å². The SMILES string of the molecule is [CH2]C(=O)c1[nH]c(C)c(C(=O)OCC)c1C. The molecule has 0 spiro atoms. The summed E-state index contributed by atoms with van der Waals surface area (Å²) < 4.78 is 4.89. The van der Waals surface area contributed by atoms with Gasteiger partial charge in [0.05, 0.1) is 17.9 Å². The highest BCUT2D eigenvalue weighted by Crippen LogP contribution is 2.19. The Labute approximate surface area is 88.6 Å². The summed E-state index contributed by atoms with van der Waals surface area (Å²) in [6.07, 6.45) is 0. The molecular formula is C11H14NO3. The van der Waals surface area contributed by atoms with Gasteiger partial charge in [-0.1, -0.05) is 0 Å². The highest BCUT2D eigenvalue weighted by atomic mass is 16.5. The molecule has 15 heavy (non-hydrogen) atoms. The topological polar surface area (TPSA) is 59.2 Å². The summed E-state index contributed by atoms with van der Waals surface area (Å²) in [6, 6.07) is 0. The van der Waals surface area contributed by atoms with Gasteiger partial charge in [-0.3, -0.25) is 4.79 Å². The molecule has 0 aliphatic heterocycles. The molecule has 1 rings (SSSR count). The van der Waals surface area contributed by atoms with Crippen LogP contribution < -0.4 is 0 Å². The molecule has 1 aromatic rings. The number of rotatable bonds is 3. The Morgan fingerprint density at radius 2 is 2.00 bits per heavy atom. The smallest absolute Gasteiger partial charge is 0.340 e. The molecule has 4 nitrogen and oxygen atoms in total. The standard InChI is InChI=1S/C11H14NO3/c1-5-15-11(14)9-6(2)10(8(4)13)12-7(9)3/h12H,4-5H2,1-3H3. The van der Waals surface area contributed by atoms with E-state index in [9.17, 15) is 9.59 Å². The summed E-state index contributed by atoms with van der Waals surface area (Å²) in [5.41, 5.74) is 2.04. The molecule has 0 aliphatic carbocycles. The van der Waals surface area contributed by atoms with Crippen molar-refractivity contribution in [3.05, 3.63) is 29.4 Å². The molecule has 0 fully saturated rings. The molecule has 0 unspecified atom stereocenters. The van der Waals surface area contributed by atoms with Crippen LogP contribution in [-0.4, -0.2) is 23.3 Å². The van der Waals surface area contributed by atoms with Crippen molar-refractivity contribution in [2.45, 2.75) is 20.8 Å². The molecule has 0 saturated carbocycles. The quantitative estimate of drug-likeness (QED) is 0.609. The second-order valence-electron chi connectivity index (χ2n) is 3.27. The van der Waals surface area contributed by atoms with E-state index in [4.69, 9.17) is 4.74 Å². The van der Waals surface area contributed by atoms with E-state index < -0.39 is 5.97 Å². The van der Waals surface area contributed by atoms with Crippen LogP contribution in [0.25, 0.3) is 0 Å². The van der Waals surface area contributed by atoms with Crippen LogP contribution in [-0.2, 0) is 4.74 Å². The van der Waals surface area contributed by atoms with E-state index in [0.29, 0.717) is 29.1 Å². The summed E-state index contributed by atoms with van der Waals surface area (Å²) in [4.78, 5) is 25.5. The van der Waals surface area contributed by atoms with Crippen LogP contribution >= 0.6 is 0 Å². The van der Waals surface area contributed by atoms with Gasteiger partial charge in [-0.2, -0.15) is 0 Å². The molecule has 81 valence electrons. The summed E-state index contributed by atoms with van der Waals surface area (Å²) in [5.74, 6) is -0.734. The van der Waals surface area contributed by atoms with Crippen LogP contribution in [0.1, 0.15) is 39.0 Å².